The monoisotopic (exact) mass is 287 g/mol. The molecule has 106 valence electrons. The highest BCUT2D eigenvalue weighted by atomic mass is 32.2. The highest BCUT2D eigenvalue weighted by molar-refractivity contribution is 7.89. The van der Waals surface area contributed by atoms with Crippen LogP contribution in [0, 0.1) is 5.82 Å². The molecule has 1 saturated heterocycles. The summed E-state index contributed by atoms with van der Waals surface area (Å²) in [4.78, 5) is 3.50. The van der Waals surface area contributed by atoms with Crippen molar-refractivity contribution in [3.63, 3.8) is 0 Å². The molecule has 0 radical (unpaired) electrons. The van der Waals surface area contributed by atoms with Crippen LogP contribution in [0.3, 0.4) is 0 Å². The number of hydrogen-bond acceptors (Lipinski definition) is 4. The zero-order valence-electron chi connectivity index (χ0n) is 10.8. The third-order valence-corrected chi connectivity index (χ3v) is 5.51. The number of halogens is 1. The van der Waals surface area contributed by atoms with E-state index in [1.54, 1.807) is 0 Å². The Morgan fingerprint density at radius 1 is 1.47 bits per heavy atom. The number of nitrogens with two attached hydrogens (primary N) is 1. The largest absolute Gasteiger partial charge is 0.329 e. The summed E-state index contributed by atoms with van der Waals surface area (Å²) in [7, 11) is -3.74. The minimum absolute atomic E-state index is 0.111. The lowest BCUT2D eigenvalue weighted by Crippen LogP contribution is -2.51. The van der Waals surface area contributed by atoms with Crippen molar-refractivity contribution in [3.8, 4) is 0 Å². The molecular weight excluding hydrogens is 269 g/mol. The SMILES string of the molecule is CC1CCCC(CN)N1S(=O)(=O)c1cncc(F)c1. The van der Waals surface area contributed by atoms with Crippen LogP contribution in [0.15, 0.2) is 23.4 Å². The van der Waals surface area contributed by atoms with E-state index in [2.05, 4.69) is 4.98 Å². The molecule has 2 N–H and O–H groups in total. The second kappa shape index (κ2) is 5.52. The number of piperidine rings is 1. The summed E-state index contributed by atoms with van der Waals surface area (Å²) in [5.41, 5.74) is 5.66. The highest BCUT2D eigenvalue weighted by Gasteiger charge is 2.37. The fraction of sp³-hybridized carbons (Fsp3) is 0.583. The van der Waals surface area contributed by atoms with Gasteiger partial charge in [-0.1, -0.05) is 6.42 Å². The van der Waals surface area contributed by atoms with Crippen molar-refractivity contribution < 1.29 is 12.8 Å². The van der Waals surface area contributed by atoms with Crippen LogP contribution in [-0.2, 0) is 10.0 Å². The Kier molecular flexibility index (Phi) is 4.17. The minimum atomic E-state index is -3.74. The van der Waals surface area contributed by atoms with Crippen LogP contribution in [0.2, 0.25) is 0 Å². The molecular formula is C12H18FN3O2S. The molecule has 1 aromatic heterocycles. The van der Waals surface area contributed by atoms with E-state index in [0.29, 0.717) is 0 Å². The second-order valence-corrected chi connectivity index (χ2v) is 6.69. The van der Waals surface area contributed by atoms with Crippen molar-refractivity contribution in [2.45, 2.75) is 43.2 Å². The van der Waals surface area contributed by atoms with Crippen molar-refractivity contribution in [3.05, 3.63) is 24.3 Å². The average molecular weight is 287 g/mol. The van der Waals surface area contributed by atoms with Gasteiger partial charge in [-0.2, -0.15) is 4.31 Å². The van der Waals surface area contributed by atoms with Gasteiger partial charge in [-0.15, -0.1) is 0 Å². The molecule has 0 aromatic carbocycles. The predicted octanol–water partition coefficient (Wildman–Crippen LogP) is 1.11. The lowest BCUT2D eigenvalue weighted by molar-refractivity contribution is 0.196. The maximum Gasteiger partial charge on any atom is 0.245 e. The van der Waals surface area contributed by atoms with Crippen molar-refractivity contribution >= 4 is 10.0 Å². The van der Waals surface area contributed by atoms with E-state index in [9.17, 15) is 12.8 Å². The van der Waals surface area contributed by atoms with Crippen molar-refractivity contribution in [2.24, 2.45) is 5.73 Å². The maximum atomic E-state index is 13.2. The Balaban J connectivity index is 2.42. The third kappa shape index (κ3) is 2.77. The van der Waals surface area contributed by atoms with E-state index >= 15 is 0 Å². The number of pyridine rings is 1. The molecule has 2 atom stereocenters. The third-order valence-electron chi connectivity index (χ3n) is 3.48. The first kappa shape index (κ1) is 14.4. The summed E-state index contributed by atoms with van der Waals surface area (Å²) in [6.45, 7) is 2.12. The highest BCUT2D eigenvalue weighted by Crippen LogP contribution is 2.29. The smallest absolute Gasteiger partial charge is 0.245 e. The molecule has 7 heteroatoms. The van der Waals surface area contributed by atoms with Gasteiger partial charge in [-0.25, -0.2) is 12.8 Å². The van der Waals surface area contributed by atoms with Gasteiger partial charge in [0.1, 0.15) is 10.7 Å². The van der Waals surface area contributed by atoms with Crippen LogP contribution in [-0.4, -0.2) is 36.3 Å². The molecule has 2 rings (SSSR count). The van der Waals surface area contributed by atoms with E-state index in [-0.39, 0.29) is 23.5 Å². The standard InChI is InChI=1S/C12H18FN3O2S/c1-9-3-2-4-11(6-14)16(9)19(17,18)12-5-10(13)7-15-8-12/h5,7-9,11H,2-4,6,14H2,1H3. The quantitative estimate of drug-likeness (QED) is 0.903. The van der Waals surface area contributed by atoms with Gasteiger partial charge in [0.05, 0.1) is 6.20 Å². The topological polar surface area (TPSA) is 76.3 Å². The lowest BCUT2D eigenvalue weighted by Gasteiger charge is -2.38. The van der Waals surface area contributed by atoms with Crippen LogP contribution < -0.4 is 5.73 Å². The average Bonchev–Trinajstić information content (AvgIpc) is 2.38. The van der Waals surface area contributed by atoms with Crippen LogP contribution in [0.4, 0.5) is 4.39 Å². The zero-order chi connectivity index (χ0) is 14.0. The maximum absolute atomic E-state index is 13.2. The molecule has 2 heterocycles. The van der Waals surface area contributed by atoms with Gasteiger partial charge in [0.2, 0.25) is 10.0 Å². The van der Waals surface area contributed by atoms with E-state index in [1.807, 2.05) is 6.92 Å². The van der Waals surface area contributed by atoms with Crippen molar-refractivity contribution in [1.82, 2.24) is 9.29 Å². The first-order valence-electron chi connectivity index (χ1n) is 6.31. The first-order chi connectivity index (χ1) is 8.96. The van der Waals surface area contributed by atoms with Gasteiger partial charge in [-0.3, -0.25) is 4.98 Å². The van der Waals surface area contributed by atoms with Gasteiger partial charge >= 0.3 is 0 Å². The van der Waals surface area contributed by atoms with Crippen molar-refractivity contribution in [2.75, 3.05) is 6.54 Å². The summed E-state index contributed by atoms with van der Waals surface area (Å²) < 4.78 is 39.7. The number of hydrogen-bond donors (Lipinski definition) is 1. The van der Waals surface area contributed by atoms with Gasteiger partial charge in [0, 0.05) is 24.8 Å². The van der Waals surface area contributed by atoms with Gasteiger partial charge < -0.3 is 5.73 Å². The Morgan fingerprint density at radius 2 is 2.21 bits per heavy atom. The fourth-order valence-corrected chi connectivity index (χ4v) is 4.44. The molecule has 1 fully saturated rings. The molecule has 0 bridgehead atoms. The molecule has 5 nitrogen and oxygen atoms in total. The molecule has 0 spiro atoms. The van der Waals surface area contributed by atoms with E-state index in [1.165, 1.54) is 10.5 Å². The number of sulfonamides is 1. The molecule has 0 saturated carbocycles. The summed E-state index contributed by atoms with van der Waals surface area (Å²) in [5.74, 6) is -0.657. The van der Waals surface area contributed by atoms with Gasteiger partial charge in [0.15, 0.2) is 0 Å². The van der Waals surface area contributed by atoms with Crippen LogP contribution >= 0.6 is 0 Å². The van der Waals surface area contributed by atoms with Gasteiger partial charge in [-0.05, 0) is 25.8 Å². The van der Waals surface area contributed by atoms with E-state index in [4.69, 9.17) is 5.73 Å². The lowest BCUT2D eigenvalue weighted by atomic mass is 10.00. The minimum Gasteiger partial charge on any atom is -0.329 e. The summed E-state index contributed by atoms with van der Waals surface area (Å²) in [5, 5.41) is 0. The van der Waals surface area contributed by atoms with Crippen LogP contribution in [0.25, 0.3) is 0 Å². The van der Waals surface area contributed by atoms with E-state index in [0.717, 1.165) is 31.5 Å². The number of nitrogens with zero attached hydrogens (tertiary/aromatic N) is 2. The number of rotatable bonds is 3. The molecule has 1 aromatic rings. The molecule has 0 amide bonds. The van der Waals surface area contributed by atoms with Crippen molar-refractivity contribution in [1.29, 1.82) is 0 Å². The van der Waals surface area contributed by atoms with Crippen LogP contribution in [0.1, 0.15) is 26.2 Å². The Labute approximate surface area is 112 Å². The Hall–Kier alpha value is -1.05. The summed E-state index contributed by atoms with van der Waals surface area (Å²) >= 11 is 0. The summed E-state index contributed by atoms with van der Waals surface area (Å²) in [6, 6.07) is 0.643. The van der Waals surface area contributed by atoms with E-state index < -0.39 is 15.8 Å². The predicted molar refractivity (Wildman–Crippen MR) is 69.4 cm³/mol. The zero-order valence-corrected chi connectivity index (χ0v) is 11.6. The summed E-state index contributed by atoms with van der Waals surface area (Å²) in [6.07, 6.45) is 4.64. The molecule has 1 aliphatic rings. The molecule has 2 unspecified atom stereocenters. The van der Waals surface area contributed by atoms with Crippen LogP contribution in [0.5, 0.6) is 0 Å². The number of aromatic nitrogens is 1. The molecule has 1 aliphatic heterocycles. The normalized spacial score (nSPS) is 25.4. The Bertz CT molecular complexity index is 550. The molecule has 0 aliphatic carbocycles. The Morgan fingerprint density at radius 3 is 2.84 bits per heavy atom. The van der Waals surface area contributed by atoms with Gasteiger partial charge in [0.25, 0.3) is 0 Å². The molecule has 19 heavy (non-hydrogen) atoms. The first-order valence-corrected chi connectivity index (χ1v) is 7.75. The fourth-order valence-electron chi connectivity index (χ4n) is 2.57. The second-order valence-electron chi connectivity index (χ2n) is 4.84.